The first-order chi connectivity index (χ1) is 11.3. The summed E-state index contributed by atoms with van der Waals surface area (Å²) in [6, 6.07) is 13.9. The van der Waals surface area contributed by atoms with Gasteiger partial charge in [-0.05, 0) is 43.1 Å². The maximum absolute atomic E-state index is 12.2. The van der Waals surface area contributed by atoms with E-state index in [1.165, 1.54) is 0 Å². The molecular weight excluding hydrogens is 288 g/mol. The van der Waals surface area contributed by atoms with Crippen LogP contribution in [0.2, 0.25) is 0 Å². The van der Waals surface area contributed by atoms with E-state index >= 15 is 0 Å². The van der Waals surface area contributed by atoms with Crippen LogP contribution in [0.4, 0.5) is 5.69 Å². The van der Waals surface area contributed by atoms with Gasteiger partial charge in [0.05, 0.1) is 6.54 Å². The number of aromatic nitrogens is 1. The van der Waals surface area contributed by atoms with E-state index in [9.17, 15) is 4.79 Å². The van der Waals surface area contributed by atoms with Crippen LogP contribution in [0.5, 0.6) is 0 Å². The fourth-order valence-corrected chi connectivity index (χ4v) is 2.32. The molecule has 0 spiro atoms. The van der Waals surface area contributed by atoms with Gasteiger partial charge in [0.25, 0.3) is 0 Å². The van der Waals surface area contributed by atoms with E-state index in [4.69, 9.17) is 5.73 Å². The van der Waals surface area contributed by atoms with Gasteiger partial charge in [0.2, 0.25) is 5.91 Å². The number of benzene rings is 1. The third-order valence-corrected chi connectivity index (χ3v) is 3.51. The Hall–Kier alpha value is -2.40. The van der Waals surface area contributed by atoms with Gasteiger partial charge in [-0.1, -0.05) is 24.3 Å². The number of hydrogen-bond acceptors (Lipinski definition) is 4. The van der Waals surface area contributed by atoms with E-state index in [0.717, 1.165) is 24.1 Å². The first kappa shape index (κ1) is 17.0. The quantitative estimate of drug-likeness (QED) is 0.694. The maximum atomic E-state index is 12.2. The normalized spacial score (nSPS) is 10.3. The minimum absolute atomic E-state index is 0.0229. The van der Waals surface area contributed by atoms with Gasteiger partial charge in [-0.25, -0.2) is 0 Å². The van der Waals surface area contributed by atoms with Crippen LogP contribution in [0.1, 0.15) is 18.4 Å². The van der Waals surface area contributed by atoms with Crippen LogP contribution in [-0.2, 0) is 11.3 Å². The summed E-state index contributed by atoms with van der Waals surface area (Å²) in [4.78, 5) is 18.4. The summed E-state index contributed by atoms with van der Waals surface area (Å²) in [6.45, 7) is 2.30. The Labute approximate surface area is 137 Å². The fourth-order valence-electron chi connectivity index (χ4n) is 2.32. The zero-order chi connectivity index (χ0) is 16.3. The fraction of sp³-hybridized carbons (Fsp3) is 0.333. The average Bonchev–Trinajstić information content (AvgIpc) is 2.60. The molecule has 0 saturated heterocycles. The van der Waals surface area contributed by atoms with Crippen molar-refractivity contribution in [3.05, 3.63) is 60.4 Å². The lowest BCUT2D eigenvalue weighted by Gasteiger charge is -2.24. The number of anilines is 1. The predicted molar refractivity (Wildman–Crippen MR) is 93.0 cm³/mol. The number of carbonyl (C=O) groups is 1. The molecule has 0 aliphatic carbocycles. The second-order valence-corrected chi connectivity index (χ2v) is 5.40. The molecule has 1 heterocycles. The number of nitrogens with two attached hydrogens (primary N) is 1. The van der Waals surface area contributed by atoms with Crippen molar-refractivity contribution in [2.24, 2.45) is 5.73 Å². The molecule has 0 fully saturated rings. The second kappa shape index (κ2) is 9.58. The van der Waals surface area contributed by atoms with Crippen LogP contribution in [0.15, 0.2) is 54.9 Å². The van der Waals surface area contributed by atoms with Crippen LogP contribution in [0.25, 0.3) is 0 Å². The highest BCUT2D eigenvalue weighted by Crippen LogP contribution is 2.16. The summed E-state index contributed by atoms with van der Waals surface area (Å²) >= 11 is 0. The van der Waals surface area contributed by atoms with E-state index < -0.39 is 0 Å². The second-order valence-electron chi connectivity index (χ2n) is 5.40. The van der Waals surface area contributed by atoms with Crippen LogP contribution < -0.4 is 16.0 Å². The summed E-state index contributed by atoms with van der Waals surface area (Å²) in [7, 11) is 0. The van der Waals surface area contributed by atoms with Gasteiger partial charge in [0, 0.05) is 31.2 Å². The summed E-state index contributed by atoms with van der Waals surface area (Å²) in [5.74, 6) is 0.0229. The Morgan fingerprint density at radius 3 is 2.65 bits per heavy atom. The van der Waals surface area contributed by atoms with Gasteiger partial charge in [-0.3, -0.25) is 9.78 Å². The monoisotopic (exact) mass is 312 g/mol. The zero-order valence-corrected chi connectivity index (χ0v) is 13.3. The molecule has 1 aromatic carbocycles. The van der Waals surface area contributed by atoms with Crippen molar-refractivity contribution in [1.82, 2.24) is 10.3 Å². The summed E-state index contributed by atoms with van der Waals surface area (Å²) < 4.78 is 0. The molecule has 0 aliphatic heterocycles. The van der Waals surface area contributed by atoms with Crippen molar-refractivity contribution in [3.8, 4) is 0 Å². The molecule has 0 aliphatic rings. The van der Waals surface area contributed by atoms with E-state index in [2.05, 4.69) is 15.2 Å². The van der Waals surface area contributed by atoms with Crippen molar-refractivity contribution < 1.29 is 4.79 Å². The highest BCUT2D eigenvalue weighted by Gasteiger charge is 2.12. The maximum Gasteiger partial charge on any atom is 0.239 e. The molecule has 0 saturated carbocycles. The van der Waals surface area contributed by atoms with Crippen molar-refractivity contribution in [3.63, 3.8) is 0 Å². The minimum Gasteiger partial charge on any atom is -0.358 e. The molecule has 0 bridgehead atoms. The molecule has 2 aromatic rings. The molecule has 1 amide bonds. The van der Waals surface area contributed by atoms with Crippen molar-refractivity contribution in [2.45, 2.75) is 19.4 Å². The van der Waals surface area contributed by atoms with E-state index in [-0.39, 0.29) is 5.91 Å². The number of rotatable bonds is 9. The van der Waals surface area contributed by atoms with Crippen LogP contribution in [0.3, 0.4) is 0 Å². The number of hydrogen-bond donors (Lipinski definition) is 2. The van der Waals surface area contributed by atoms with Gasteiger partial charge >= 0.3 is 0 Å². The third kappa shape index (κ3) is 6.08. The number of para-hydroxylation sites is 1. The summed E-state index contributed by atoms with van der Waals surface area (Å²) in [5.41, 5.74) is 7.56. The molecule has 0 atom stereocenters. The lowest BCUT2D eigenvalue weighted by atomic mass is 10.2. The van der Waals surface area contributed by atoms with Gasteiger partial charge < -0.3 is 16.0 Å². The van der Waals surface area contributed by atoms with E-state index in [1.807, 2.05) is 48.7 Å². The van der Waals surface area contributed by atoms with Gasteiger partial charge in [0.1, 0.15) is 0 Å². The molecule has 2 rings (SSSR count). The number of amides is 1. The first-order valence-corrected chi connectivity index (χ1v) is 7.95. The molecule has 5 nitrogen and oxygen atoms in total. The van der Waals surface area contributed by atoms with Crippen LogP contribution >= 0.6 is 0 Å². The Morgan fingerprint density at radius 1 is 1.13 bits per heavy atom. The van der Waals surface area contributed by atoms with Crippen LogP contribution in [-0.4, -0.2) is 30.5 Å². The highest BCUT2D eigenvalue weighted by atomic mass is 16.2. The number of carbonyl (C=O) groups excluding carboxylic acids is 1. The topological polar surface area (TPSA) is 71.2 Å². The lowest BCUT2D eigenvalue weighted by Crippen LogP contribution is -2.37. The van der Waals surface area contributed by atoms with Gasteiger partial charge in [-0.2, -0.15) is 0 Å². The predicted octanol–water partition coefficient (Wildman–Crippen LogP) is 1.94. The minimum atomic E-state index is 0.0229. The Kier molecular flexibility index (Phi) is 7.07. The SMILES string of the molecule is NCCCCNC(=O)CN(Cc1cccnc1)c1ccccc1. The van der Waals surface area contributed by atoms with Gasteiger partial charge in [-0.15, -0.1) is 0 Å². The molecule has 122 valence electrons. The highest BCUT2D eigenvalue weighted by molar-refractivity contribution is 5.81. The van der Waals surface area contributed by atoms with Crippen LogP contribution in [0, 0.1) is 0 Å². The van der Waals surface area contributed by atoms with Crippen molar-refractivity contribution in [1.29, 1.82) is 0 Å². The van der Waals surface area contributed by atoms with E-state index in [1.54, 1.807) is 6.20 Å². The molecule has 1 aromatic heterocycles. The molecule has 0 radical (unpaired) electrons. The zero-order valence-electron chi connectivity index (χ0n) is 13.3. The summed E-state index contributed by atoms with van der Waals surface area (Å²) in [6.07, 6.45) is 5.42. The Bertz CT molecular complexity index is 574. The number of nitrogens with one attached hydrogen (secondary N) is 1. The molecule has 23 heavy (non-hydrogen) atoms. The van der Waals surface area contributed by atoms with E-state index in [0.29, 0.717) is 26.2 Å². The van der Waals surface area contributed by atoms with Crippen molar-refractivity contribution >= 4 is 11.6 Å². The third-order valence-electron chi connectivity index (χ3n) is 3.51. The van der Waals surface area contributed by atoms with Crippen molar-refractivity contribution in [2.75, 3.05) is 24.5 Å². The first-order valence-electron chi connectivity index (χ1n) is 7.95. The number of unbranched alkanes of at least 4 members (excludes halogenated alkanes) is 1. The smallest absolute Gasteiger partial charge is 0.239 e. The number of pyridine rings is 1. The largest absolute Gasteiger partial charge is 0.358 e. The average molecular weight is 312 g/mol. The molecule has 0 unspecified atom stereocenters. The molecular formula is C18H24N4O. The summed E-state index contributed by atoms with van der Waals surface area (Å²) in [5, 5.41) is 2.95. The lowest BCUT2D eigenvalue weighted by molar-refractivity contribution is -0.119. The Balaban J connectivity index is 1.98. The standard InChI is InChI=1S/C18H24N4O/c19-10-4-5-12-21-18(23)15-22(17-8-2-1-3-9-17)14-16-7-6-11-20-13-16/h1-3,6-9,11,13H,4-5,10,12,14-15,19H2,(H,21,23). The molecule has 5 heteroatoms. The molecule has 3 N–H and O–H groups in total. The number of nitrogens with zero attached hydrogens (tertiary/aromatic N) is 2. The Morgan fingerprint density at radius 2 is 1.96 bits per heavy atom. The van der Waals surface area contributed by atoms with Gasteiger partial charge in [0.15, 0.2) is 0 Å².